The van der Waals surface area contributed by atoms with Gasteiger partial charge in [0.15, 0.2) is 0 Å². The number of carbonyl (C=O) groups is 1. The number of carbonyl (C=O) groups excluding carboxylic acids is 1. The maximum Gasteiger partial charge on any atom is 0.293 e. The summed E-state index contributed by atoms with van der Waals surface area (Å²) in [5, 5.41) is 15.5. The van der Waals surface area contributed by atoms with E-state index in [-0.39, 0.29) is 33.1 Å². The van der Waals surface area contributed by atoms with Gasteiger partial charge in [-0.25, -0.2) is 13.1 Å². The van der Waals surface area contributed by atoms with Crippen molar-refractivity contribution in [3.8, 4) is 0 Å². The highest BCUT2D eigenvalue weighted by Gasteiger charge is 2.29. The van der Waals surface area contributed by atoms with E-state index in [1.165, 1.54) is 24.1 Å². The summed E-state index contributed by atoms with van der Waals surface area (Å²) in [7, 11) is -4.34. The quantitative estimate of drug-likeness (QED) is 0.200. The van der Waals surface area contributed by atoms with Crippen molar-refractivity contribution in [1.29, 1.82) is 0 Å². The van der Waals surface area contributed by atoms with Gasteiger partial charge in [0.25, 0.3) is 21.6 Å². The number of nitro benzene ring substituents is 1. The number of rotatable bonds is 9. The minimum atomic E-state index is -4.34. The van der Waals surface area contributed by atoms with Gasteiger partial charge in [0, 0.05) is 27.8 Å². The fourth-order valence-electron chi connectivity index (χ4n) is 5.40. The van der Waals surface area contributed by atoms with E-state index < -0.39 is 20.9 Å². The molecule has 214 valence electrons. The molecule has 1 amide bonds. The van der Waals surface area contributed by atoms with Crippen LogP contribution in [0.15, 0.2) is 88.7 Å². The molecule has 5 rings (SSSR count). The van der Waals surface area contributed by atoms with Crippen LogP contribution in [0.4, 0.5) is 11.4 Å². The molecule has 2 aliphatic carbocycles. The van der Waals surface area contributed by atoms with Crippen LogP contribution in [0, 0.1) is 10.1 Å². The lowest BCUT2D eigenvalue weighted by Gasteiger charge is -2.32. The first-order chi connectivity index (χ1) is 19.8. The van der Waals surface area contributed by atoms with Gasteiger partial charge in [-0.1, -0.05) is 49.2 Å². The molecule has 0 aliphatic heterocycles. The lowest BCUT2D eigenvalue weighted by Crippen LogP contribution is -2.34. The van der Waals surface area contributed by atoms with Gasteiger partial charge in [0.2, 0.25) is 0 Å². The van der Waals surface area contributed by atoms with Crippen molar-refractivity contribution in [3.63, 3.8) is 0 Å². The van der Waals surface area contributed by atoms with Crippen molar-refractivity contribution < 1.29 is 18.1 Å². The molecule has 2 atom stereocenters. The minimum Gasteiger partial charge on any atom is -0.376 e. The third-order valence-corrected chi connectivity index (χ3v) is 10.3. The van der Waals surface area contributed by atoms with Crippen LogP contribution in [0.25, 0.3) is 5.57 Å². The van der Waals surface area contributed by atoms with E-state index >= 15 is 0 Å². The van der Waals surface area contributed by atoms with E-state index in [2.05, 4.69) is 28.2 Å². The average Bonchev–Trinajstić information content (AvgIpc) is 2.99. The Hall–Kier alpha value is -3.63. The van der Waals surface area contributed by atoms with Crippen molar-refractivity contribution in [2.45, 2.75) is 72.4 Å². The number of sulfonamides is 1. The summed E-state index contributed by atoms with van der Waals surface area (Å²) in [6.45, 7) is 0. The van der Waals surface area contributed by atoms with E-state index in [1.54, 1.807) is 23.9 Å². The number of hydrogen-bond donors (Lipinski definition) is 2. The molecular formula is C31H33N3O5S2. The number of hydrogen-bond acceptors (Lipinski definition) is 7. The zero-order valence-corrected chi connectivity index (χ0v) is 24.3. The molecule has 0 bridgehead atoms. The molecule has 3 aromatic rings. The van der Waals surface area contributed by atoms with Crippen molar-refractivity contribution >= 4 is 44.6 Å². The molecule has 41 heavy (non-hydrogen) atoms. The first-order valence-corrected chi connectivity index (χ1v) is 16.3. The Kier molecular flexibility index (Phi) is 9.09. The highest BCUT2D eigenvalue weighted by atomic mass is 32.2. The summed E-state index contributed by atoms with van der Waals surface area (Å²) < 4.78 is 28.2. The highest BCUT2D eigenvalue weighted by molar-refractivity contribution is 8.00. The van der Waals surface area contributed by atoms with Crippen LogP contribution in [0.5, 0.6) is 0 Å². The molecule has 0 radical (unpaired) electrons. The van der Waals surface area contributed by atoms with Gasteiger partial charge >= 0.3 is 0 Å². The van der Waals surface area contributed by atoms with Gasteiger partial charge in [0.05, 0.1) is 9.82 Å². The van der Waals surface area contributed by atoms with E-state index in [0.29, 0.717) is 0 Å². The summed E-state index contributed by atoms with van der Waals surface area (Å²) in [6.07, 6.45) is 10.4. The molecule has 10 heteroatoms. The summed E-state index contributed by atoms with van der Waals surface area (Å²) >= 11 is 1.75. The lowest BCUT2D eigenvalue weighted by molar-refractivity contribution is -0.384. The Labute approximate surface area is 244 Å². The summed E-state index contributed by atoms with van der Waals surface area (Å²) in [5.74, 6) is -0.790. The number of benzene rings is 3. The molecule has 0 spiro atoms. The lowest BCUT2D eigenvalue weighted by atomic mass is 9.93. The molecule has 0 heterocycles. The van der Waals surface area contributed by atoms with Crippen molar-refractivity contribution in [3.05, 3.63) is 100 Å². The number of nitrogens with zero attached hydrogens (tertiary/aromatic N) is 1. The summed E-state index contributed by atoms with van der Waals surface area (Å²) in [5.41, 5.74) is 2.36. The molecule has 1 saturated carbocycles. The average molecular weight is 592 g/mol. The number of anilines is 1. The minimum absolute atomic E-state index is 0.0119. The topological polar surface area (TPSA) is 118 Å². The van der Waals surface area contributed by atoms with Crippen molar-refractivity contribution in [1.82, 2.24) is 4.72 Å². The van der Waals surface area contributed by atoms with Gasteiger partial charge in [-0.15, -0.1) is 11.8 Å². The number of allylic oxidation sites excluding steroid dienone is 2. The Morgan fingerprint density at radius 3 is 2.39 bits per heavy atom. The molecule has 1 fully saturated rings. The largest absolute Gasteiger partial charge is 0.376 e. The molecule has 0 unspecified atom stereocenters. The van der Waals surface area contributed by atoms with Crippen LogP contribution in [-0.4, -0.2) is 30.5 Å². The summed E-state index contributed by atoms with van der Waals surface area (Å²) in [4.78, 5) is 25.0. The maximum absolute atomic E-state index is 13.1. The predicted molar refractivity (Wildman–Crippen MR) is 163 cm³/mol. The monoisotopic (exact) mass is 591 g/mol. The van der Waals surface area contributed by atoms with E-state index in [9.17, 15) is 23.3 Å². The first kappa shape index (κ1) is 28.9. The SMILES string of the molecule is O=C(NS(=O)(=O)c1ccc(N[C@@H]2CCCC[C@@H]2Sc2ccccc2)c([N+](=O)[O-])c1)c1ccc(C2=CCCCC2)cc1. The molecule has 3 aromatic carbocycles. The van der Waals surface area contributed by atoms with Crippen molar-refractivity contribution in [2.24, 2.45) is 0 Å². The number of amides is 1. The second kappa shape index (κ2) is 12.9. The second-order valence-corrected chi connectivity index (χ2v) is 13.4. The fraction of sp³-hybridized carbons (Fsp3) is 0.323. The van der Waals surface area contributed by atoms with E-state index in [4.69, 9.17) is 0 Å². The van der Waals surface area contributed by atoms with Gasteiger partial charge in [-0.05, 0) is 86.1 Å². The highest BCUT2D eigenvalue weighted by Crippen LogP contribution is 2.37. The number of thioether (sulfide) groups is 1. The Morgan fingerprint density at radius 2 is 1.68 bits per heavy atom. The summed E-state index contributed by atoms with van der Waals surface area (Å²) in [6, 6.07) is 20.6. The van der Waals surface area contributed by atoms with Gasteiger partial charge < -0.3 is 5.32 Å². The standard InChI is InChI=1S/C31H33N3O5S2/c35-31(24-17-15-23(16-18-24)22-9-3-1-4-10-22)33-41(38,39)26-19-20-27(29(21-26)34(36)37)32-28-13-7-8-14-30(28)40-25-11-5-2-6-12-25/h2,5-6,9,11-12,15-21,28,30,32H,1,3-4,7-8,10,13-14H2,(H,33,35)/t28-,30+/m1/s1. The Morgan fingerprint density at radius 1 is 0.927 bits per heavy atom. The zero-order valence-electron chi connectivity index (χ0n) is 22.6. The van der Waals surface area contributed by atoms with E-state index in [1.807, 2.05) is 30.3 Å². The zero-order chi connectivity index (χ0) is 28.8. The smallest absolute Gasteiger partial charge is 0.293 e. The van der Waals surface area contributed by atoms with Crippen LogP contribution in [0.3, 0.4) is 0 Å². The van der Waals surface area contributed by atoms with Crippen LogP contribution >= 0.6 is 11.8 Å². The third-order valence-electron chi connectivity index (χ3n) is 7.59. The molecule has 0 aromatic heterocycles. The van der Waals surface area contributed by atoms with Gasteiger partial charge in [0.1, 0.15) is 5.69 Å². The van der Waals surface area contributed by atoms with Gasteiger partial charge in [-0.3, -0.25) is 14.9 Å². The Bertz CT molecular complexity index is 1540. The third kappa shape index (κ3) is 7.18. The number of nitrogens with one attached hydrogen (secondary N) is 2. The predicted octanol–water partition coefficient (Wildman–Crippen LogP) is 7.19. The molecule has 8 nitrogen and oxygen atoms in total. The second-order valence-electron chi connectivity index (χ2n) is 10.4. The maximum atomic E-state index is 13.1. The first-order valence-electron chi connectivity index (χ1n) is 13.9. The van der Waals surface area contributed by atoms with Crippen LogP contribution in [0.2, 0.25) is 0 Å². The molecule has 0 saturated heterocycles. The number of nitro groups is 1. The molecule has 2 N–H and O–H groups in total. The molecular weight excluding hydrogens is 558 g/mol. The van der Waals surface area contributed by atoms with Crippen LogP contribution < -0.4 is 10.0 Å². The van der Waals surface area contributed by atoms with Crippen LogP contribution in [-0.2, 0) is 10.0 Å². The normalized spacial score (nSPS) is 19.2. The van der Waals surface area contributed by atoms with Crippen LogP contribution in [0.1, 0.15) is 67.3 Å². The fourth-order valence-corrected chi connectivity index (χ4v) is 7.71. The van der Waals surface area contributed by atoms with Gasteiger partial charge in [-0.2, -0.15) is 0 Å². The van der Waals surface area contributed by atoms with E-state index in [0.717, 1.165) is 61.5 Å². The Balaban J connectivity index is 1.30. The molecule has 2 aliphatic rings. The van der Waals surface area contributed by atoms with Crippen molar-refractivity contribution in [2.75, 3.05) is 5.32 Å².